The molecular formula is C31H31N5O3S2. The van der Waals surface area contributed by atoms with Crippen LogP contribution in [-0.4, -0.2) is 57.9 Å². The van der Waals surface area contributed by atoms with Crippen molar-refractivity contribution in [1.82, 2.24) is 14.4 Å². The maximum Gasteiger partial charge on any atom is 0.270 e. The van der Waals surface area contributed by atoms with Crippen LogP contribution >= 0.6 is 24.0 Å². The maximum atomic E-state index is 13.5. The van der Waals surface area contributed by atoms with Crippen LogP contribution in [0.15, 0.2) is 64.3 Å². The number of anilines is 1. The van der Waals surface area contributed by atoms with Crippen molar-refractivity contribution in [2.24, 2.45) is 7.05 Å². The maximum absolute atomic E-state index is 13.5. The lowest BCUT2D eigenvalue weighted by atomic mass is 10.0. The molecule has 2 fully saturated rings. The second-order valence-corrected chi connectivity index (χ2v) is 11.8. The van der Waals surface area contributed by atoms with Gasteiger partial charge in [-0.15, -0.1) is 0 Å². The predicted octanol–water partition coefficient (Wildman–Crippen LogP) is 4.30. The van der Waals surface area contributed by atoms with Gasteiger partial charge in [0.2, 0.25) is 0 Å². The molecule has 0 saturated carbocycles. The SMILES string of the molecule is COc1ccc(CN2C(=O)C(=Cc3c(C)c(C#N)c(=O)n(C)c3N3CCN(Cc4ccccc4)CC3)SC2=S)cc1. The van der Waals surface area contributed by atoms with Crippen molar-refractivity contribution in [1.29, 1.82) is 5.26 Å². The second-order valence-electron chi connectivity index (χ2n) is 10.1. The van der Waals surface area contributed by atoms with Crippen molar-refractivity contribution in [3.8, 4) is 11.8 Å². The van der Waals surface area contributed by atoms with Crippen molar-refractivity contribution in [3.63, 3.8) is 0 Å². The van der Waals surface area contributed by atoms with Crippen LogP contribution in [0.1, 0.15) is 27.8 Å². The Labute approximate surface area is 249 Å². The number of pyridine rings is 1. The molecule has 2 aromatic carbocycles. The van der Waals surface area contributed by atoms with Crippen LogP contribution in [0.3, 0.4) is 0 Å². The van der Waals surface area contributed by atoms with E-state index in [2.05, 4.69) is 28.0 Å². The van der Waals surface area contributed by atoms with Gasteiger partial charge in [-0.3, -0.25) is 24.0 Å². The normalized spacial score (nSPS) is 16.9. The molecule has 3 aromatic rings. The van der Waals surface area contributed by atoms with Gasteiger partial charge in [-0.2, -0.15) is 5.26 Å². The van der Waals surface area contributed by atoms with Gasteiger partial charge in [0.05, 0.1) is 18.6 Å². The number of rotatable bonds is 7. The lowest BCUT2D eigenvalue weighted by Gasteiger charge is -2.37. The van der Waals surface area contributed by atoms with Gasteiger partial charge >= 0.3 is 0 Å². The summed E-state index contributed by atoms with van der Waals surface area (Å²) in [5.74, 6) is 1.26. The van der Waals surface area contributed by atoms with E-state index in [4.69, 9.17) is 17.0 Å². The lowest BCUT2D eigenvalue weighted by molar-refractivity contribution is -0.122. The number of nitriles is 1. The Hall–Kier alpha value is -3.91. The molecule has 5 rings (SSSR count). The minimum atomic E-state index is -0.337. The number of amides is 1. The van der Waals surface area contributed by atoms with Crippen molar-refractivity contribution >= 4 is 46.1 Å². The highest BCUT2D eigenvalue weighted by Gasteiger charge is 2.33. The van der Waals surface area contributed by atoms with E-state index in [9.17, 15) is 14.9 Å². The van der Waals surface area contributed by atoms with Crippen molar-refractivity contribution < 1.29 is 9.53 Å². The third kappa shape index (κ3) is 5.93. The van der Waals surface area contributed by atoms with Crippen molar-refractivity contribution in [2.45, 2.75) is 20.0 Å². The lowest BCUT2D eigenvalue weighted by Crippen LogP contribution is -2.48. The first-order valence-corrected chi connectivity index (χ1v) is 14.6. The fourth-order valence-electron chi connectivity index (χ4n) is 5.23. The molecule has 2 aliphatic heterocycles. The quantitative estimate of drug-likeness (QED) is 0.300. The van der Waals surface area contributed by atoms with Crippen LogP contribution in [0, 0.1) is 18.3 Å². The average molecular weight is 586 g/mol. The van der Waals surface area contributed by atoms with Gasteiger partial charge in [-0.05, 0) is 41.8 Å². The highest BCUT2D eigenvalue weighted by Crippen LogP contribution is 2.36. The summed E-state index contributed by atoms with van der Waals surface area (Å²) in [4.78, 5) is 33.3. The number of thioether (sulfide) groups is 1. The molecular weight excluding hydrogens is 555 g/mol. The number of benzene rings is 2. The second kappa shape index (κ2) is 12.3. The summed E-state index contributed by atoms with van der Waals surface area (Å²) >= 11 is 6.83. The van der Waals surface area contributed by atoms with E-state index in [1.807, 2.05) is 42.5 Å². The number of carbonyl (C=O) groups excluding carboxylic acids is 1. The van der Waals surface area contributed by atoms with Crippen LogP contribution in [0.25, 0.3) is 6.08 Å². The van der Waals surface area contributed by atoms with Crippen LogP contribution in [0.2, 0.25) is 0 Å². The molecule has 0 radical (unpaired) electrons. The Morgan fingerprint density at radius 2 is 1.66 bits per heavy atom. The predicted molar refractivity (Wildman–Crippen MR) is 167 cm³/mol. The van der Waals surface area contributed by atoms with Gasteiger partial charge in [0.15, 0.2) is 0 Å². The highest BCUT2D eigenvalue weighted by atomic mass is 32.2. The number of thiocarbonyl (C=S) groups is 1. The third-order valence-electron chi connectivity index (χ3n) is 7.54. The fraction of sp³-hybridized carbons (Fsp3) is 0.290. The smallest absolute Gasteiger partial charge is 0.270 e. The van der Waals surface area contributed by atoms with Gasteiger partial charge < -0.3 is 9.64 Å². The molecule has 1 amide bonds. The molecule has 0 aliphatic carbocycles. The monoisotopic (exact) mass is 585 g/mol. The van der Waals surface area contributed by atoms with Gasteiger partial charge in [0, 0.05) is 45.3 Å². The van der Waals surface area contributed by atoms with Gasteiger partial charge in [0.1, 0.15) is 27.5 Å². The van der Waals surface area contributed by atoms with Crippen LogP contribution in [0.5, 0.6) is 5.75 Å². The molecule has 0 atom stereocenters. The Morgan fingerprint density at radius 1 is 1.00 bits per heavy atom. The minimum Gasteiger partial charge on any atom is -0.497 e. The number of piperazine rings is 1. The first-order chi connectivity index (χ1) is 19.8. The minimum absolute atomic E-state index is 0.0823. The molecule has 1 aromatic heterocycles. The fourth-order valence-corrected chi connectivity index (χ4v) is 6.47. The molecule has 2 aliphatic rings. The Morgan fingerprint density at radius 3 is 2.29 bits per heavy atom. The van der Waals surface area contributed by atoms with Crippen LogP contribution < -0.4 is 15.2 Å². The molecule has 3 heterocycles. The zero-order valence-corrected chi connectivity index (χ0v) is 24.9. The summed E-state index contributed by atoms with van der Waals surface area (Å²) in [6.07, 6.45) is 1.80. The summed E-state index contributed by atoms with van der Waals surface area (Å²) in [5, 5.41) is 9.81. The standard InChI is InChI=1S/C31H31N5O3S2/c1-21-25(17-27-30(38)36(31(40)41-27)20-23-9-11-24(39-3)12-10-23)28(33(2)29(37)26(21)18-32)35-15-13-34(14-16-35)19-22-7-5-4-6-8-22/h4-12,17H,13-16,19-20H2,1-3H3. The van der Waals surface area contributed by atoms with Crippen LogP contribution in [0.4, 0.5) is 5.82 Å². The number of carbonyl (C=O) groups is 1. The molecule has 0 spiro atoms. The number of hydrogen-bond acceptors (Lipinski definition) is 8. The highest BCUT2D eigenvalue weighted by molar-refractivity contribution is 8.26. The summed E-state index contributed by atoms with van der Waals surface area (Å²) in [5.41, 5.74) is 3.21. The molecule has 41 heavy (non-hydrogen) atoms. The molecule has 10 heteroatoms. The summed E-state index contributed by atoms with van der Waals surface area (Å²) in [6, 6.07) is 20.0. The molecule has 0 unspecified atom stereocenters. The first-order valence-electron chi connectivity index (χ1n) is 13.3. The largest absolute Gasteiger partial charge is 0.497 e. The van der Waals surface area contributed by atoms with Gasteiger partial charge in [-0.1, -0.05) is 66.4 Å². The third-order valence-corrected chi connectivity index (χ3v) is 8.92. The van der Waals surface area contributed by atoms with Gasteiger partial charge in [-0.25, -0.2) is 0 Å². The Kier molecular flexibility index (Phi) is 8.59. The van der Waals surface area contributed by atoms with Crippen molar-refractivity contribution in [3.05, 3.63) is 97.7 Å². The zero-order valence-electron chi connectivity index (χ0n) is 23.3. The zero-order chi connectivity index (χ0) is 29.1. The van der Waals surface area contributed by atoms with E-state index in [1.54, 1.807) is 36.6 Å². The molecule has 0 N–H and O–H groups in total. The average Bonchev–Trinajstić information content (AvgIpc) is 3.25. The van der Waals surface area contributed by atoms with Crippen molar-refractivity contribution in [2.75, 3.05) is 38.2 Å². The van der Waals surface area contributed by atoms with Gasteiger partial charge in [0.25, 0.3) is 11.5 Å². The summed E-state index contributed by atoms with van der Waals surface area (Å²) in [6.45, 7) is 6.06. The molecule has 2 saturated heterocycles. The van der Waals surface area contributed by atoms with E-state index in [0.29, 0.717) is 45.8 Å². The number of hydrogen-bond donors (Lipinski definition) is 0. The number of aromatic nitrogens is 1. The van der Waals surface area contributed by atoms with E-state index in [0.717, 1.165) is 30.9 Å². The topological polar surface area (TPSA) is 81.8 Å². The summed E-state index contributed by atoms with van der Waals surface area (Å²) in [7, 11) is 3.31. The first kappa shape index (κ1) is 28.6. The van der Waals surface area contributed by atoms with E-state index >= 15 is 0 Å². The Balaban J connectivity index is 1.43. The number of methoxy groups -OCH3 is 1. The number of ether oxygens (including phenoxy) is 1. The van der Waals surface area contributed by atoms with E-state index < -0.39 is 0 Å². The van der Waals surface area contributed by atoms with E-state index in [-0.39, 0.29) is 17.0 Å². The molecule has 210 valence electrons. The van der Waals surface area contributed by atoms with E-state index in [1.165, 1.54) is 17.3 Å². The van der Waals surface area contributed by atoms with Crippen LogP contribution in [-0.2, 0) is 24.9 Å². The molecule has 8 nitrogen and oxygen atoms in total. The summed E-state index contributed by atoms with van der Waals surface area (Å²) < 4.78 is 7.25. The number of nitrogens with zero attached hydrogens (tertiary/aromatic N) is 5. The Bertz CT molecular complexity index is 1600. The molecule has 0 bridgehead atoms.